The average Bonchev–Trinajstić information content (AvgIpc) is 3.85. The zero-order valence-electron chi connectivity index (χ0n) is 35.5. The van der Waals surface area contributed by atoms with Crippen LogP contribution in [0.5, 0.6) is 17.5 Å². The van der Waals surface area contributed by atoms with E-state index in [1.807, 2.05) is 53.4 Å². The molecule has 4 aliphatic rings. The molecule has 5 aromatic rings. The van der Waals surface area contributed by atoms with E-state index in [0.717, 1.165) is 62.6 Å². The van der Waals surface area contributed by atoms with Crippen molar-refractivity contribution in [2.75, 3.05) is 57.3 Å². The molecule has 2 unspecified atom stereocenters. The third-order valence-electron chi connectivity index (χ3n) is 13.5. The summed E-state index contributed by atoms with van der Waals surface area (Å²) in [7, 11) is 5.31. The number of alkyl halides is 3. The molecule has 0 radical (unpaired) electrons. The second-order valence-corrected chi connectivity index (χ2v) is 17.9. The smallest absolute Gasteiger partial charge is 0.418 e. The number of ether oxygens (including phenoxy) is 3. The van der Waals surface area contributed by atoms with Crippen molar-refractivity contribution in [1.82, 2.24) is 25.2 Å². The number of pyridine rings is 1. The van der Waals surface area contributed by atoms with Crippen LogP contribution in [0.1, 0.15) is 67.2 Å². The minimum absolute atomic E-state index is 0.00195. The molecule has 328 valence electrons. The summed E-state index contributed by atoms with van der Waals surface area (Å²) in [5.41, 5.74) is -0.842. The third-order valence-corrected chi connectivity index (χ3v) is 13.8. The highest BCUT2D eigenvalue weighted by molar-refractivity contribution is 6.34. The molecule has 9 rings (SSSR count). The van der Waals surface area contributed by atoms with Gasteiger partial charge in [0, 0.05) is 55.1 Å². The predicted octanol–water partition coefficient (Wildman–Crippen LogP) is 9.62. The van der Waals surface area contributed by atoms with Crippen molar-refractivity contribution in [3.05, 3.63) is 93.8 Å². The van der Waals surface area contributed by atoms with Crippen LogP contribution in [0.2, 0.25) is 5.02 Å². The summed E-state index contributed by atoms with van der Waals surface area (Å²) < 4.78 is 80.9. The maximum absolute atomic E-state index is 17.7. The minimum Gasteiger partial charge on any atom is -0.497 e. The van der Waals surface area contributed by atoms with Crippen LogP contribution in [0.4, 0.5) is 29.2 Å². The van der Waals surface area contributed by atoms with Crippen LogP contribution in [0.3, 0.4) is 0 Å². The van der Waals surface area contributed by atoms with Gasteiger partial charge in [0.1, 0.15) is 28.7 Å². The molecule has 1 saturated carbocycles. The molecule has 4 fully saturated rings. The molecule has 3 saturated heterocycles. The molecule has 4 atom stereocenters. The Hall–Kier alpha value is -4.92. The molecule has 3 aromatic carbocycles. The maximum Gasteiger partial charge on any atom is 0.418 e. The number of piperidine rings is 1. The van der Waals surface area contributed by atoms with Crippen LogP contribution in [-0.2, 0) is 19.3 Å². The monoisotopic (exact) mass is 873 g/mol. The highest BCUT2D eigenvalue weighted by Crippen LogP contribution is 2.49. The number of hydrogen-bond acceptors (Lipinski definition) is 10. The van der Waals surface area contributed by atoms with Crippen LogP contribution in [0.15, 0.2) is 60.7 Å². The molecule has 5 heterocycles. The molecule has 10 nitrogen and oxygen atoms in total. The SMILES string of the molecule is COc1ccc(CN(Cc2ccc(OC)cc2)c2cc(C)c(C(F)(F)F)c(-c3c(Cl)cc4c(N5CC6CCC(C5)N6)nc(OC[C@]56CCC[C@H]5N(C)CCC6)nc4c3F)n2)cc1. The largest absolute Gasteiger partial charge is 0.497 e. The van der Waals surface area contributed by atoms with E-state index in [-0.39, 0.29) is 58.5 Å². The molecule has 3 aliphatic heterocycles. The summed E-state index contributed by atoms with van der Waals surface area (Å²) in [6.07, 6.45) is 2.33. The van der Waals surface area contributed by atoms with Gasteiger partial charge in [0.05, 0.1) is 42.7 Å². The fraction of sp³-hybridized carbons (Fsp3) is 0.468. The number of benzene rings is 3. The standard InChI is InChI=1S/C47H52ClF4N7O3/c1-28-21-38(58(23-29-8-14-33(60-3)15-9-29)24-30-10-16-34(61-4)17-11-30)54-43(40(28)47(50,51)52)39-36(48)22-35-42(41(39)49)55-45(56-44(35)59-25-31-12-13-32(26-59)53-31)62-27-46-18-5-7-37(46)57(2)20-6-19-46/h8-11,14-17,21-22,31-32,37,53H,5-7,12-13,18-20,23-27H2,1-4H3/t31?,32?,37-,46-/m1/s1. The van der Waals surface area contributed by atoms with Crippen LogP contribution >= 0.6 is 11.6 Å². The zero-order chi connectivity index (χ0) is 43.3. The van der Waals surface area contributed by atoms with Crippen molar-refractivity contribution in [3.63, 3.8) is 0 Å². The fourth-order valence-corrected chi connectivity index (χ4v) is 10.8. The number of methoxy groups -OCH3 is 2. The van der Waals surface area contributed by atoms with Gasteiger partial charge in [-0.05, 0) is 112 Å². The van der Waals surface area contributed by atoms with E-state index in [1.165, 1.54) is 19.1 Å². The van der Waals surface area contributed by atoms with Crippen LogP contribution < -0.4 is 29.3 Å². The number of hydrogen-bond donors (Lipinski definition) is 1. The quantitative estimate of drug-likeness (QED) is 0.122. The Kier molecular flexibility index (Phi) is 11.6. The Morgan fingerprint density at radius 1 is 0.871 bits per heavy atom. The number of aryl methyl sites for hydroxylation is 1. The highest BCUT2D eigenvalue weighted by Gasteiger charge is 2.48. The molecule has 2 bridgehead atoms. The van der Waals surface area contributed by atoms with Gasteiger partial charge in [-0.2, -0.15) is 23.1 Å². The Bertz CT molecular complexity index is 2380. The Labute approximate surface area is 364 Å². The first-order valence-electron chi connectivity index (χ1n) is 21.5. The van der Waals surface area contributed by atoms with E-state index in [0.29, 0.717) is 48.4 Å². The van der Waals surface area contributed by atoms with E-state index in [9.17, 15) is 0 Å². The number of fused-ring (bicyclic) bond motifs is 4. The predicted molar refractivity (Wildman–Crippen MR) is 233 cm³/mol. The summed E-state index contributed by atoms with van der Waals surface area (Å²) in [5.74, 6) is 0.975. The van der Waals surface area contributed by atoms with Crippen molar-refractivity contribution in [3.8, 4) is 28.8 Å². The van der Waals surface area contributed by atoms with Gasteiger partial charge in [-0.25, -0.2) is 9.37 Å². The number of rotatable bonds is 12. The van der Waals surface area contributed by atoms with E-state index in [2.05, 4.69) is 27.1 Å². The summed E-state index contributed by atoms with van der Waals surface area (Å²) in [4.78, 5) is 20.7. The lowest BCUT2D eigenvalue weighted by Gasteiger charge is -2.44. The van der Waals surface area contributed by atoms with Gasteiger partial charge in [-0.15, -0.1) is 0 Å². The summed E-state index contributed by atoms with van der Waals surface area (Å²) in [6, 6.07) is 18.5. The zero-order valence-corrected chi connectivity index (χ0v) is 36.3. The molecule has 62 heavy (non-hydrogen) atoms. The summed E-state index contributed by atoms with van der Waals surface area (Å²) in [5, 5.41) is 3.71. The lowest BCUT2D eigenvalue weighted by molar-refractivity contribution is -0.137. The Balaban J connectivity index is 1.18. The molecular weight excluding hydrogens is 822 g/mol. The first-order chi connectivity index (χ1) is 29.8. The molecule has 0 amide bonds. The second kappa shape index (κ2) is 17.0. The fourth-order valence-electron chi connectivity index (χ4n) is 10.5. The Morgan fingerprint density at radius 2 is 1.50 bits per heavy atom. The molecule has 0 spiro atoms. The summed E-state index contributed by atoms with van der Waals surface area (Å²) >= 11 is 7.02. The van der Waals surface area contributed by atoms with Crippen molar-refractivity contribution < 1.29 is 31.8 Å². The van der Waals surface area contributed by atoms with Gasteiger partial charge in [0.2, 0.25) is 0 Å². The minimum atomic E-state index is -4.90. The number of nitrogens with one attached hydrogen (secondary N) is 1. The molecular formula is C47H52ClF4N7O3. The number of nitrogens with zero attached hydrogens (tertiary/aromatic N) is 6. The van der Waals surface area contributed by atoms with Gasteiger partial charge in [-0.1, -0.05) is 42.3 Å². The third kappa shape index (κ3) is 8.21. The Morgan fingerprint density at radius 3 is 2.11 bits per heavy atom. The van der Waals surface area contributed by atoms with Gasteiger partial charge in [0.25, 0.3) is 0 Å². The lowest BCUT2D eigenvalue weighted by Crippen LogP contribution is -2.51. The molecule has 2 aromatic heterocycles. The van der Waals surface area contributed by atoms with E-state index in [1.54, 1.807) is 14.2 Å². The number of likely N-dealkylation sites (tertiary alicyclic amines) is 1. The molecule has 1 aliphatic carbocycles. The van der Waals surface area contributed by atoms with Crippen molar-refractivity contribution in [2.24, 2.45) is 5.41 Å². The topological polar surface area (TPSA) is 88.1 Å². The first-order valence-corrected chi connectivity index (χ1v) is 21.8. The molecule has 1 N–H and O–H groups in total. The van der Waals surface area contributed by atoms with Crippen molar-refractivity contribution in [1.29, 1.82) is 0 Å². The van der Waals surface area contributed by atoms with Crippen LogP contribution in [-0.4, -0.2) is 85.5 Å². The van der Waals surface area contributed by atoms with Gasteiger partial charge < -0.3 is 34.2 Å². The maximum atomic E-state index is 17.7. The van der Waals surface area contributed by atoms with E-state index >= 15 is 17.6 Å². The van der Waals surface area contributed by atoms with Crippen LogP contribution in [0.25, 0.3) is 22.2 Å². The average molecular weight is 874 g/mol. The number of anilines is 2. The van der Waals surface area contributed by atoms with E-state index < -0.39 is 28.8 Å². The number of piperazine rings is 1. The normalized spacial score (nSPS) is 22.5. The van der Waals surface area contributed by atoms with Gasteiger partial charge in [0.15, 0.2) is 5.82 Å². The first kappa shape index (κ1) is 42.4. The van der Waals surface area contributed by atoms with Gasteiger partial charge in [-0.3, -0.25) is 0 Å². The van der Waals surface area contributed by atoms with E-state index in [4.69, 9.17) is 35.8 Å². The van der Waals surface area contributed by atoms with Crippen molar-refractivity contribution >= 4 is 34.1 Å². The number of aromatic nitrogens is 3. The number of halogens is 5. The highest BCUT2D eigenvalue weighted by atomic mass is 35.5. The molecule has 15 heteroatoms. The van der Waals surface area contributed by atoms with Crippen LogP contribution in [0, 0.1) is 18.2 Å². The van der Waals surface area contributed by atoms with Gasteiger partial charge >= 0.3 is 12.2 Å². The summed E-state index contributed by atoms with van der Waals surface area (Å²) in [6.45, 7) is 4.54. The second-order valence-electron chi connectivity index (χ2n) is 17.5. The van der Waals surface area contributed by atoms with Crippen molar-refractivity contribution in [2.45, 2.75) is 89.3 Å². The lowest BCUT2D eigenvalue weighted by atomic mass is 9.76.